The van der Waals surface area contributed by atoms with E-state index in [0.29, 0.717) is 18.4 Å². The first-order chi connectivity index (χ1) is 8.20. The molecule has 1 aromatic carbocycles. The predicted octanol–water partition coefficient (Wildman–Crippen LogP) is 2.34. The molecule has 100 valence electrons. The number of rotatable bonds is 4. The third-order valence-corrected chi connectivity index (χ3v) is 6.35. The van der Waals surface area contributed by atoms with Crippen molar-refractivity contribution in [2.24, 2.45) is 0 Å². The lowest BCUT2D eigenvalue weighted by Crippen LogP contribution is -2.08. The van der Waals surface area contributed by atoms with E-state index in [0.717, 1.165) is 0 Å². The standard InChI is InChI=1S/C10H10Cl2O4S2/c11-9-5-7(6-17(12,13)14)1-4-10(9)18(15,16)8-2-3-8/h1,4-5,8H,2-3,6H2. The Labute approximate surface area is 115 Å². The first-order valence-corrected chi connectivity index (χ1v) is 9.55. The van der Waals surface area contributed by atoms with Crippen molar-refractivity contribution in [3.05, 3.63) is 28.8 Å². The van der Waals surface area contributed by atoms with Gasteiger partial charge in [0, 0.05) is 10.7 Å². The van der Waals surface area contributed by atoms with Crippen LogP contribution in [0.25, 0.3) is 0 Å². The van der Waals surface area contributed by atoms with Gasteiger partial charge in [-0.2, -0.15) is 0 Å². The third kappa shape index (κ3) is 3.17. The molecule has 0 atom stereocenters. The first kappa shape index (κ1) is 14.1. The van der Waals surface area contributed by atoms with E-state index in [1.54, 1.807) is 0 Å². The van der Waals surface area contributed by atoms with E-state index in [9.17, 15) is 16.8 Å². The second kappa shape index (κ2) is 4.67. The minimum absolute atomic E-state index is 0.0414. The van der Waals surface area contributed by atoms with Gasteiger partial charge in [-0.1, -0.05) is 17.7 Å². The lowest BCUT2D eigenvalue weighted by atomic mass is 10.2. The Kier molecular flexibility index (Phi) is 3.66. The lowest BCUT2D eigenvalue weighted by molar-refractivity contribution is 0.595. The zero-order valence-electron chi connectivity index (χ0n) is 9.14. The summed E-state index contributed by atoms with van der Waals surface area (Å²) in [6, 6.07) is 4.09. The van der Waals surface area contributed by atoms with E-state index in [4.69, 9.17) is 22.3 Å². The molecule has 0 bridgehead atoms. The fourth-order valence-electron chi connectivity index (χ4n) is 1.62. The van der Waals surface area contributed by atoms with Crippen molar-refractivity contribution < 1.29 is 16.8 Å². The largest absolute Gasteiger partial charge is 0.236 e. The van der Waals surface area contributed by atoms with E-state index >= 15 is 0 Å². The van der Waals surface area contributed by atoms with Crippen LogP contribution in [0.5, 0.6) is 0 Å². The zero-order valence-corrected chi connectivity index (χ0v) is 12.3. The molecule has 0 aliphatic heterocycles. The number of sulfone groups is 1. The molecular weight excluding hydrogens is 319 g/mol. The van der Waals surface area contributed by atoms with Gasteiger partial charge in [-0.25, -0.2) is 16.8 Å². The molecule has 1 aliphatic rings. The van der Waals surface area contributed by atoms with E-state index in [1.807, 2.05) is 0 Å². The van der Waals surface area contributed by atoms with Gasteiger partial charge in [0.05, 0.1) is 20.9 Å². The Bertz CT molecular complexity index is 676. The molecule has 0 radical (unpaired) electrons. The minimum atomic E-state index is -3.68. The van der Waals surface area contributed by atoms with Crippen LogP contribution in [0.3, 0.4) is 0 Å². The van der Waals surface area contributed by atoms with Crippen LogP contribution in [0.4, 0.5) is 0 Å². The zero-order chi connectivity index (χ0) is 13.6. The van der Waals surface area contributed by atoms with E-state index in [1.165, 1.54) is 18.2 Å². The number of benzene rings is 1. The summed E-state index contributed by atoms with van der Waals surface area (Å²) in [6.07, 6.45) is 1.30. The van der Waals surface area contributed by atoms with Gasteiger partial charge in [-0.05, 0) is 30.5 Å². The summed E-state index contributed by atoms with van der Waals surface area (Å²) < 4.78 is 45.8. The van der Waals surface area contributed by atoms with Gasteiger partial charge >= 0.3 is 0 Å². The van der Waals surface area contributed by atoms with Crippen LogP contribution >= 0.6 is 22.3 Å². The molecule has 0 unspecified atom stereocenters. The molecule has 18 heavy (non-hydrogen) atoms. The number of hydrogen-bond acceptors (Lipinski definition) is 4. The Morgan fingerprint density at radius 3 is 2.22 bits per heavy atom. The summed E-state index contributed by atoms with van der Waals surface area (Å²) >= 11 is 5.90. The summed E-state index contributed by atoms with van der Waals surface area (Å²) in [5.74, 6) is -0.377. The second-order valence-corrected chi connectivity index (χ2v) is 9.57. The van der Waals surface area contributed by atoms with Crippen molar-refractivity contribution in [2.75, 3.05) is 0 Å². The Morgan fingerprint density at radius 1 is 1.17 bits per heavy atom. The van der Waals surface area contributed by atoms with Gasteiger partial charge < -0.3 is 0 Å². The smallest absolute Gasteiger partial charge is 0.223 e. The molecule has 0 spiro atoms. The van der Waals surface area contributed by atoms with Crippen LogP contribution in [0.2, 0.25) is 5.02 Å². The highest BCUT2D eigenvalue weighted by molar-refractivity contribution is 8.13. The van der Waals surface area contributed by atoms with Crippen LogP contribution in [-0.2, 0) is 24.6 Å². The lowest BCUT2D eigenvalue weighted by Gasteiger charge is -2.06. The number of halogens is 2. The second-order valence-electron chi connectivity index (χ2n) is 4.19. The van der Waals surface area contributed by atoms with E-state index < -0.39 is 18.9 Å². The SMILES string of the molecule is O=S(=O)(Cl)Cc1ccc(S(=O)(=O)C2CC2)c(Cl)c1. The summed E-state index contributed by atoms with van der Waals surface area (Å²) in [5, 5.41) is -0.308. The average Bonchev–Trinajstić information content (AvgIpc) is 2.96. The maximum absolute atomic E-state index is 12.0. The van der Waals surface area contributed by atoms with Crippen molar-refractivity contribution in [3.63, 3.8) is 0 Å². The van der Waals surface area contributed by atoms with Crippen molar-refractivity contribution in [3.8, 4) is 0 Å². The summed E-state index contributed by atoms with van der Waals surface area (Å²) in [5.41, 5.74) is 0.366. The van der Waals surface area contributed by atoms with Crippen molar-refractivity contribution in [1.82, 2.24) is 0 Å². The van der Waals surface area contributed by atoms with Crippen LogP contribution in [0.1, 0.15) is 18.4 Å². The molecule has 0 aromatic heterocycles. The Hall–Kier alpha value is -0.300. The van der Waals surface area contributed by atoms with E-state index in [2.05, 4.69) is 0 Å². The van der Waals surface area contributed by atoms with Gasteiger partial charge in [0.25, 0.3) is 0 Å². The molecule has 2 rings (SSSR count). The normalized spacial score (nSPS) is 16.8. The Morgan fingerprint density at radius 2 is 1.78 bits per heavy atom. The van der Waals surface area contributed by atoms with Crippen molar-refractivity contribution in [1.29, 1.82) is 0 Å². The highest BCUT2D eigenvalue weighted by Crippen LogP contribution is 2.36. The first-order valence-electron chi connectivity index (χ1n) is 5.15. The average molecular weight is 329 g/mol. The fourth-order valence-corrected chi connectivity index (χ4v) is 4.81. The molecule has 0 amide bonds. The van der Waals surface area contributed by atoms with Gasteiger partial charge in [-0.3, -0.25) is 0 Å². The van der Waals surface area contributed by atoms with Crippen molar-refractivity contribution >= 4 is 41.2 Å². The molecule has 4 nitrogen and oxygen atoms in total. The molecule has 8 heteroatoms. The predicted molar refractivity (Wildman–Crippen MR) is 70.1 cm³/mol. The monoisotopic (exact) mass is 328 g/mol. The molecule has 0 heterocycles. The molecule has 0 N–H and O–H groups in total. The maximum Gasteiger partial charge on any atom is 0.236 e. The quantitative estimate of drug-likeness (QED) is 0.795. The van der Waals surface area contributed by atoms with E-state index in [-0.39, 0.29) is 20.9 Å². The van der Waals surface area contributed by atoms with Crippen LogP contribution < -0.4 is 0 Å². The van der Waals surface area contributed by atoms with Crippen LogP contribution in [-0.4, -0.2) is 22.1 Å². The minimum Gasteiger partial charge on any atom is -0.223 e. The maximum atomic E-state index is 12.0. The van der Waals surface area contributed by atoms with Gasteiger partial charge in [0.15, 0.2) is 9.84 Å². The summed E-state index contributed by atoms with van der Waals surface area (Å²) in [6.45, 7) is 0. The number of hydrogen-bond donors (Lipinski definition) is 0. The molecule has 0 saturated heterocycles. The molecular formula is C10H10Cl2O4S2. The summed E-state index contributed by atoms with van der Waals surface area (Å²) in [7, 11) is -1.93. The highest BCUT2D eigenvalue weighted by Gasteiger charge is 2.38. The van der Waals surface area contributed by atoms with Crippen LogP contribution in [0, 0.1) is 0 Å². The fraction of sp³-hybridized carbons (Fsp3) is 0.400. The molecule has 1 aliphatic carbocycles. The summed E-state index contributed by atoms with van der Waals surface area (Å²) in [4.78, 5) is 0.0578. The van der Waals surface area contributed by atoms with Gasteiger partial charge in [0.2, 0.25) is 9.05 Å². The molecule has 1 fully saturated rings. The van der Waals surface area contributed by atoms with Crippen LogP contribution in [0.15, 0.2) is 23.1 Å². The highest BCUT2D eigenvalue weighted by atomic mass is 35.7. The molecule has 1 aromatic rings. The van der Waals surface area contributed by atoms with Gasteiger partial charge in [0.1, 0.15) is 0 Å². The topological polar surface area (TPSA) is 68.3 Å². The third-order valence-electron chi connectivity index (χ3n) is 2.61. The molecule has 1 saturated carbocycles. The van der Waals surface area contributed by atoms with Crippen molar-refractivity contribution in [2.45, 2.75) is 28.7 Å². The van der Waals surface area contributed by atoms with Gasteiger partial charge in [-0.15, -0.1) is 0 Å². The Balaban J connectivity index is 2.37.